The van der Waals surface area contributed by atoms with E-state index in [2.05, 4.69) is 29.6 Å². The van der Waals surface area contributed by atoms with Gasteiger partial charge in [0.25, 0.3) is 0 Å². The summed E-state index contributed by atoms with van der Waals surface area (Å²) in [7, 11) is 0. The van der Waals surface area contributed by atoms with Gasteiger partial charge in [-0.2, -0.15) is 0 Å². The number of carbonyl (C=O) groups excluding carboxylic acids is 1. The summed E-state index contributed by atoms with van der Waals surface area (Å²) < 4.78 is 0. The minimum Gasteiger partial charge on any atom is -0.356 e. The molecule has 1 amide bonds. The molecule has 0 aliphatic heterocycles. The van der Waals surface area contributed by atoms with E-state index >= 15 is 0 Å². The first kappa shape index (κ1) is 15.0. The van der Waals surface area contributed by atoms with Crippen LogP contribution in [0.25, 0.3) is 0 Å². The van der Waals surface area contributed by atoms with Crippen LogP contribution in [0.3, 0.4) is 0 Å². The maximum Gasteiger partial charge on any atom is 0.227 e. The number of benzene rings is 1. The number of amides is 1. The van der Waals surface area contributed by atoms with Crippen molar-refractivity contribution in [3.63, 3.8) is 0 Å². The number of hydrogen-bond donors (Lipinski definition) is 2. The zero-order valence-electron chi connectivity index (χ0n) is 12.2. The Kier molecular flexibility index (Phi) is 5.60. The summed E-state index contributed by atoms with van der Waals surface area (Å²) in [6.07, 6.45) is 7.40. The lowest BCUT2D eigenvalue weighted by Gasteiger charge is -2.34. The van der Waals surface area contributed by atoms with E-state index in [0.29, 0.717) is 6.54 Å². The Labute approximate surface area is 121 Å². The third-order valence-corrected chi connectivity index (χ3v) is 4.45. The Balaban J connectivity index is 1.74. The Morgan fingerprint density at radius 2 is 1.85 bits per heavy atom. The molecular formula is C17H26N2O. The van der Waals surface area contributed by atoms with E-state index in [-0.39, 0.29) is 11.3 Å². The number of hydrogen-bond acceptors (Lipinski definition) is 2. The molecule has 1 aliphatic carbocycles. The minimum absolute atomic E-state index is 0.174. The molecule has 0 spiro atoms. The molecule has 1 saturated carbocycles. The maximum absolute atomic E-state index is 12.4. The van der Waals surface area contributed by atoms with Gasteiger partial charge in [-0.3, -0.25) is 4.79 Å². The number of nitrogens with one attached hydrogen (secondary N) is 1. The minimum atomic E-state index is -0.287. The molecule has 20 heavy (non-hydrogen) atoms. The highest BCUT2D eigenvalue weighted by molar-refractivity contribution is 5.83. The third kappa shape index (κ3) is 3.83. The van der Waals surface area contributed by atoms with Crippen molar-refractivity contribution in [1.82, 2.24) is 5.32 Å². The third-order valence-electron chi connectivity index (χ3n) is 4.45. The van der Waals surface area contributed by atoms with Crippen molar-refractivity contribution < 1.29 is 4.79 Å². The Bertz CT molecular complexity index is 410. The van der Waals surface area contributed by atoms with Gasteiger partial charge in [-0.1, -0.05) is 49.6 Å². The van der Waals surface area contributed by atoms with E-state index in [1.807, 2.05) is 6.07 Å². The summed E-state index contributed by atoms with van der Waals surface area (Å²) in [6.45, 7) is 1.23. The molecule has 3 heteroatoms. The Morgan fingerprint density at radius 3 is 2.50 bits per heavy atom. The van der Waals surface area contributed by atoms with Crippen LogP contribution in [-0.4, -0.2) is 19.0 Å². The second-order valence-corrected chi connectivity index (χ2v) is 5.89. The molecule has 0 saturated heterocycles. The zero-order valence-corrected chi connectivity index (χ0v) is 12.2. The fourth-order valence-corrected chi connectivity index (χ4v) is 3.08. The monoisotopic (exact) mass is 274 g/mol. The molecule has 110 valence electrons. The quantitative estimate of drug-likeness (QED) is 0.784. The van der Waals surface area contributed by atoms with E-state index in [1.54, 1.807) is 0 Å². The predicted molar refractivity (Wildman–Crippen MR) is 82.3 cm³/mol. The van der Waals surface area contributed by atoms with Gasteiger partial charge >= 0.3 is 0 Å². The van der Waals surface area contributed by atoms with Gasteiger partial charge in [0.2, 0.25) is 5.91 Å². The second kappa shape index (κ2) is 7.44. The summed E-state index contributed by atoms with van der Waals surface area (Å²) in [5, 5.41) is 3.10. The van der Waals surface area contributed by atoms with Crippen molar-refractivity contribution in [1.29, 1.82) is 0 Å². The topological polar surface area (TPSA) is 55.1 Å². The van der Waals surface area contributed by atoms with Gasteiger partial charge in [0.15, 0.2) is 0 Å². The van der Waals surface area contributed by atoms with Crippen molar-refractivity contribution in [2.75, 3.05) is 13.1 Å². The highest BCUT2D eigenvalue weighted by Crippen LogP contribution is 2.35. The highest BCUT2D eigenvalue weighted by Gasteiger charge is 2.37. The van der Waals surface area contributed by atoms with E-state index in [4.69, 9.17) is 5.73 Å². The lowest BCUT2D eigenvalue weighted by atomic mass is 9.73. The normalized spacial score (nSPS) is 17.6. The van der Waals surface area contributed by atoms with Crippen LogP contribution in [0.2, 0.25) is 0 Å². The van der Waals surface area contributed by atoms with Crippen LogP contribution >= 0.6 is 0 Å². The molecule has 2 rings (SSSR count). The van der Waals surface area contributed by atoms with Gasteiger partial charge in [-0.25, -0.2) is 0 Å². The van der Waals surface area contributed by atoms with E-state index < -0.39 is 0 Å². The second-order valence-electron chi connectivity index (χ2n) is 5.89. The SMILES string of the molecule is NCC1(C(=O)NCCCc2ccccc2)CCCCC1. The van der Waals surface area contributed by atoms with E-state index in [1.165, 1.54) is 12.0 Å². The molecular weight excluding hydrogens is 248 g/mol. The van der Waals surface area contributed by atoms with Crippen LogP contribution in [0, 0.1) is 5.41 Å². The fraction of sp³-hybridized carbons (Fsp3) is 0.588. The van der Waals surface area contributed by atoms with Gasteiger partial charge in [-0.05, 0) is 31.2 Å². The summed E-state index contributed by atoms with van der Waals surface area (Å²) >= 11 is 0. The molecule has 0 radical (unpaired) electrons. The Hall–Kier alpha value is -1.35. The van der Waals surface area contributed by atoms with E-state index in [0.717, 1.165) is 45.1 Å². The highest BCUT2D eigenvalue weighted by atomic mass is 16.2. The van der Waals surface area contributed by atoms with Crippen LogP contribution in [0.15, 0.2) is 30.3 Å². The first-order chi connectivity index (χ1) is 9.77. The predicted octanol–water partition coefficient (Wildman–Crippen LogP) is 2.64. The van der Waals surface area contributed by atoms with Gasteiger partial charge in [0.1, 0.15) is 0 Å². The van der Waals surface area contributed by atoms with E-state index in [9.17, 15) is 4.79 Å². The molecule has 3 N–H and O–H groups in total. The summed E-state index contributed by atoms with van der Waals surface area (Å²) in [6, 6.07) is 10.4. The average Bonchev–Trinajstić information content (AvgIpc) is 2.53. The fourth-order valence-electron chi connectivity index (χ4n) is 3.08. The molecule has 0 heterocycles. The molecule has 0 unspecified atom stereocenters. The average molecular weight is 274 g/mol. The van der Waals surface area contributed by atoms with Crippen molar-refractivity contribution in [3.05, 3.63) is 35.9 Å². The van der Waals surface area contributed by atoms with Gasteiger partial charge in [0, 0.05) is 13.1 Å². The zero-order chi connectivity index (χ0) is 14.3. The summed E-state index contributed by atoms with van der Waals surface area (Å²) in [5.74, 6) is 0.174. The van der Waals surface area contributed by atoms with Crippen LogP contribution in [-0.2, 0) is 11.2 Å². The van der Waals surface area contributed by atoms with Crippen LogP contribution < -0.4 is 11.1 Å². The van der Waals surface area contributed by atoms with Crippen molar-refractivity contribution in [2.24, 2.45) is 11.1 Å². The lowest BCUT2D eigenvalue weighted by Crippen LogP contribution is -2.47. The Morgan fingerprint density at radius 1 is 1.15 bits per heavy atom. The largest absolute Gasteiger partial charge is 0.356 e. The van der Waals surface area contributed by atoms with Crippen molar-refractivity contribution in [3.8, 4) is 0 Å². The summed E-state index contributed by atoms with van der Waals surface area (Å²) in [4.78, 5) is 12.4. The molecule has 0 atom stereocenters. The molecule has 1 fully saturated rings. The lowest BCUT2D eigenvalue weighted by molar-refractivity contribution is -0.132. The molecule has 1 aliphatic rings. The molecule has 0 bridgehead atoms. The number of nitrogens with two attached hydrogens (primary N) is 1. The number of carbonyl (C=O) groups is 1. The summed E-state index contributed by atoms with van der Waals surface area (Å²) in [5.41, 5.74) is 6.91. The first-order valence-electron chi connectivity index (χ1n) is 7.79. The maximum atomic E-state index is 12.4. The van der Waals surface area contributed by atoms with Crippen LogP contribution in [0.4, 0.5) is 0 Å². The molecule has 0 aromatic heterocycles. The molecule has 1 aromatic carbocycles. The van der Waals surface area contributed by atoms with Crippen molar-refractivity contribution >= 4 is 5.91 Å². The molecule has 3 nitrogen and oxygen atoms in total. The first-order valence-corrected chi connectivity index (χ1v) is 7.79. The van der Waals surface area contributed by atoms with Gasteiger partial charge < -0.3 is 11.1 Å². The standard InChI is InChI=1S/C17H26N2O/c18-14-17(11-5-2-6-12-17)16(20)19-13-7-10-15-8-3-1-4-9-15/h1,3-4,8-9H,2,5-7,10-14,18H2,(H,19,20). The van der Waals surface area contributed by atoms with Gasteiger partial charge in [0.05, 0.1) is 5.41 Å². The smallest absolute Gasteiger partial charge is 0.227 e. The molecule has 1 aromatic rings. The number of aryl methyl sites for hydroxylation is 1. The van der Waals surface area contributed by atoms with Gasteiger partial charge in [-0.15, -0.1) is 0 Å². The number of rotatable bonds is 6. The van der Waals surface area contributed by atoms with Crippen LogP contribution in [0.5, 0.6) is 0 Å². The van der Waals surface area contributed by atoms with Crippen LogP contribution in [0.1, 0.15) is 44.1 Å². The van der Waals surface area contributed by atoms with Crippen molar-refractivity contribution in [2.45, 2.75) is 44.9 Å².